The van der Waals surface area contributed by atoms with Crippen molar-refractivity contribution in [3.8, 4) is 0 Å². The van der Waals surface area contributed by atoms with E-state index in [1.807, 2.05) is 5.43 Å². The molecule has 2 amide bonds. The number of hydrazine groups is 1. The van der Waals surface area contributed by atoms with E-state index in [1.54, 1.807) is 5.43 Å². The molecule has 1 rings (SSSR count). The predicted octanol–water partition coefficient (Wildman–Crippen LogP) is 1.07. The Bertz CT molecular complexity index is 404. The summed E-state index contributed by atoms with van der Waals surface area (Å²) in [5.41, 5.74) is 3.71. The first-order valence-corrected chi connectivity index (χ1v) is 6.46. The molecular formula is C12H17F3N2O4. The second kappa shape index (κ2) is 7.28. The molecule has 6 nitrogen and oxygen atoms in total. The fourth-order valence-electron chi connectivity index (χ4n) is 2.22. The number of rotatable bonds is 3. The zero-order valence-electron chi connectivity index (χ0n) is 11.5. The smallest absolute Gasteiger partial charge is 0.397 e. The first-order valence-electron chi connectivity index (χ1n) is 6.46. The van der Waals surface area contributed by atoms with Gasteiger partial charge < -0.3 is 4.74 Å². The Hall–Kier alpha value is -1.80. The van der Waals surface area contributed by atoms with E-state index >= 15 is 0 Å². The molecule has 0 aromatic heterocycles. The summed E-state index contributed by atoms with van der Waals surface area (Å²) < 4.78 is 40.4. The Morgan fingerprint density at radius 1 is 1.05 bits per heavy atom. The van der Waals surface area contributed by atoms with E-state index in [2.05, 4.69) is 4.74 Å². The van der Waals surface area contributed by atoms with Crippen LogP contribution in [0.2, 0.25) is 0 Å². The highest BCUT2D eigenvalue weighted by Crippen LogP contribution is 2.29. The quantitative estimate of drug-likeness (QED) is 0.603. The van der Waals surface area contributed by atoms with Crippen LogP contribution < -0.4 is 10.9 Å². The number of alkyl halides is 3. The lowest BCUT2D eigenvalue weighted by Gasteiger charge is -2.26. The van der Waals surface area contributed by atoms with Crippen LogP contribution in [0.4, 0.5) is 13.2 Å². The highest BCUT2D eigenvalue weighted by molar-refractivity contribution is 5.83. The van der Waals surface area contributed by atoms with Gasteiger partial charge in [-0.05, 0) is 25.7 Å². The monoisotopic (exact) mass is 310 g/mol. The van der Waals surface area contributed by atoms with E-state index in [0.29, 0.717) is 25.7 Å². The van der Waals surface area contributed by atoms with Gasteiger partial charge in [-0.2, -0.15) is 13.2 Å². The molecule has 0 atom stereocenters. The molecule has 0 aromatic carbocycles. The minimum absolute atomic E-state index is 0.251. The fraction of sp³-hybridized carbons (Fsp3) is 0.750. The minimum Gasteiger partial charge on any atom is -0.469 e. The SMILES string of the molecule is COC(=O)C1CCC(C(=O)NNC(=O)CC(F)(F)F)CC1. The lowest BCUT2D eigenvalue weighted by molar-refractivity contribution is -0.155. The molecule has 120 valence electrons. The van der Waals surface area contributed by atoms with Crippen molar-refractivity contribution in [1.29, 1.82) is 0 Å². The average Bonchev–Trinajstić information content (AvgIpc) is 2.42. The zero-order chi connectivity index (χ0) is 16.0. The van der Waals surface area contributed by atoms with E-state index in [0.717, 1.165) is 0 Å². The molecule has 0 spiro atoms. The summed E-state index contributed by atoms with van der Waals surface area (Å²) in [5, 5.41) is 0. The van der Waals surface area contributed by atoms with Crippen LogP contribution in [0.3, 0.4) is 0 Å². The van der Waals surface area contributed by atoms with Gasteiger partial charge in [0.1, 0.15) is 6.42 Å². The summed E-state index contributed by atoms with van der Waals surface area (Å²) in [6, 6.07) is 0. The molecule has 21 heavy (non-hydrogen) atoms. The Labute approximate surface area is 119 Å². The van der Waals surface area contributed by atoms with Crippen molar-refractivity contribution in [1.82, 2.24) is 10.9 Å². The summed E-state index contributed by atoms with van der Waals surface area (Å²) in [6.07, 6.45) is -4.49. The first-order chi connectivity index (χ1) is 9.73. The van der Waals surface area contributed by atoms with Gasteiger partial charge in [0.25, 0.3) is 0 Å². The number of hydrogen-bond donors (Lipinski definition) is 2. The maximum absolute atomic E-state index is 11.9. The standard InChI is InChI=1S/C12H17F3N2O4/c1-21-11(20)8-4-2-7(3-5-8)10(19)17-16-9(18)6-12(13,14)15/h7-8H,2-6H2,1H3,(H,16,18)(H,17,19). The van der Waals surface area contributed by atoms with Crippen LogP contribution in [-0.4, -0.2) is 31.1 Å². The van der Waals surface area contributed by atoms with Crippen LogP contribution in [-0.2, 0) is 19.1 Å². The van der Waals surface area contributed by atoms with Crippen molar-refractivity contribution in [2.24, 2.45) is 11.8 Å². The molecule has 0 bridgehead atoms. The Balaban J connectivity index is 2.31. The van der Waals surface area contributed by atoms with Gasteiger partial charge in [0, 0.05) is 5.92 Å². The van der Waals surface area contributed by atoms with Gasteiger partial charge in [0.05, 0.1) is 13.0 Å². The van der Waals surface area contributed by atoms with Gasteiger partial charge in [-0.25, -0.2) is 0 Å². The largest absolute Gasteiger partial charge is 0.469 e. The number of halogens is 3. The van der Waals surface area contributed by atoms with Crippen molar-refractivity contribution < 1.29 is 32.3 Å². The number of carbonyl (C=O) groups is 3. The van der Waals surface area contributed by atoms with Crippen LogP contribution in [0, 0.1) is 11.8 Å². The second-order valence-electron chi connectivity index (χ2n) is 4.90. The van der Waals surface area contributed by atoms with Gasteiger partial charge in [-0.15, -0.1) is 0 Å². The average molecular weight is 310 g/mol. The van der Waals surface area contributed by atoms with E-state index in [-0.39, 0.29) is 11.9 Å². The number of carbonyl (C=O) groups excluding carboxylic acids is 3. The third-order valence-corrected chi connectivity index (χ3v) is 3.32. The Morgan fingerprint density at radius 3 is 2.05 bits per heavy atom. The van der Waals surface area contributed by atoms with Gasteiger partial charge in [-0.1, -0.05) is 0 Å². The summed E-state index contributed by atoms with van der Waals surface area (Å²) in [7, 11) is 1.29. The van der Waals surface area contributed by atoms with E-state index < -0.39 is 30.3 Å². The van der Waals surface area contributed by atoms with Crippen LogP contribution >= 0.6 is 0 Å². The fourth-order valence-corrected chi connectivity index (χ4v) is 2.22. The van der Waals surface area contributed by atoms with Crippen molar-refractivity contribution in [3.05, 3.63) is 0 Å². The lowest BCUT2D eigenvalue weighted by Crippen LogP contribution is -2.46. The van der Waals surface area contributed by atoms with Crippen molar-refractivity contribution >= 4 is 17.8 Å². The molecule has 0 aromatic rings. The molecule has 9 heteroatoms. The molecule has 0 saturated heterocycles. The van der Waals surface area contributed by atoms with Gasteiger partial charge >= 0.3 is 12.1 Å². The topological polar surface area (TPSA) is 84.5 Å². The Kier molecular flexibility index (Phi) is 5.98. The van der Waals surface area contributed by atoms with Crippen molar-refractivity contribution in [2.75, 3.05) is 7.11 Å². The third-order valence-electron chi connectivity index (χ3n) is 3.32. The third kappa shape index (κ3) is 6.01. The Morgan fingerprint density at radius 2 is 1.57 bits per heavy atom. The number of ether oxygens (including phenoxy) is 1. The molecule has 2 N–H and O–H groups in total. The molecule has 0 unspecified atom stereocenters. The highest BCUT2D eigenvalue weighted by Gasteiger charge is 2.33. The highest BCUT2D eigenvalue weighted by atomic mass is 19.4. The van der Waals surface area contributed by atoms with Crippen LogP contribution in [0.1, 0.15) is 32.1 Å². The summed E-state index contributed by atoms with van der Waals surface area (Å²) in [6.45, 7) is 0. The van der Waals surface area contributed by atoms with Crippen molar-refractivity contribution in [2.45, 2.75) is 38.3 Å². The summed E-state index contributed by atoms with van der Waals surface area (Å²) in [4.78, 5) is 33.9. The number of nitrogens with one attached hydrogen (secondary N) is 2. The zero-order valence-corrected chi connectivity index (χ0v) is 11.5. The molecule has 0 radical (unpaired) electrons. The van der Waals surface area contributed by atoms with E-state index in [4.69, 9.17) is 0 Å². The summed E-state index contributed by atoms with van der Waals surface area (Å²) in [5.74, 6) is -2.88. The number of methoxy groups -OCH3 is 1. The number of amides is 2. The van der Waals surface area contributed by atoms with Gasteiger partial charge in [-0.3, -0.25) is 25.2 Å². The molecule has 1 aliphatic carbocycles. The molecule has 0 aliphatic heterocycles. The van der Waals surface area contributed by atoms with E-state index in [9.17, 15) is 27.6 Å². The maximum atomic E-state index is 11.9. The van der Waals surface area contributed by atoms with Gasteiger partial charge in [0.2, 0.25) is 11.8 Å². The molecule has 1 fully saturated rings. The normalized spacial score (nSPS) is 22.3. The summed E-state index contributed by atoms with van der Waals surface area (Å²) >= 11 is 0. The van der Waals surface area contributed by atoms with Crippen LogP contribution in [0.15, 0.2) is 0 Å². The first kappa shape index (κ1) is 17.3. The van der Waals surface area contributed by atoms with Crippen molar-refractivity contribution in [3.63, 3.8) is 0 Å². The van der Waals surface area contributed by atoms with E-state index in [1.165, 1.54) is 7.11 Å². The predicted molar refractivity (Wildman–Crippen MR) is 64.4 cm³/mol. The maximum Gasteiger partial charge on any atom is 0.397 e. The van der Waals surface area contributed by atoms with Crippen LogP contribution in [0.25, 0.3) is 0 Å². The molecule has 0 heterocycles. The molecule has 1 saturated carbocycles. The molecular weight excluding hydrogens is 293 g/mol. The van der Waals surface area contributed by atoms with Crippen LogP contribution in [0.5, 0.6) is 0 Å². The number of esters is 1. The van der Waals surface area contributed by atoms with Gasteiger partial charge in [0.15, 0.2) is 0 Å². The second-order valence-corrected chi connectivity index (χ2v) is 4.90. The molecule has 1 aliphatic rings. The minimum atomic E-state index is -4.62. The lowest BCUT2D eigenvalue weighted by atomic mass is 9.82. The number of hydrogen-bond acceptors (Lipinski definition) is 4.